The summed E-state index contributed by atoms with van der Waals surface area (Å²) in [7, 11) is 0. The van der Waals surface area contributed by atoms with Crippen LogP contribution in [0.15, 0.2) is 30.3 Å². The molecule has 0 radical (unpaired) electrons. The topological polar surface area (TPSA) is 27.0 Å². The molecular weight excluding hydrogens is 220 g/mol. The van der Waals surface area contributed by atoms with Crippen LogP contribution in [0.4, 0.5) is 0 Å². The summed E-state index contributed by atoms with van der Waals surface area (Å²) < 4.78 is 0. The van der Waals surface area contributed by atoms with Crippen molar-refractivity contribution in [2.45, 2.75) is 44.6 Å². The van der Waals surface area contributed by atoms with Gasteiger partial charge in [0.1, 0.15) is 0 Å². The molecule has 0 saturated heterocycles. The Morgan fingerprint density at radius 3 is 2.56 bits per heavy atom. The Balaban J connectivity index is 1.77. The zero-order valence-electron chi connectivity index (χ0n) is 11.0. The Hall–Kier alpha value is -1.33. The number of nitriles is 1. The lowest BCUT2D eigenvalue weighted by Gasteiger charge is -2.26. The van der Waals surface area contributed by atoms with Crippen molar-refractivity contribution in [2.75, 3.05) is 13.1 Å². The summed E-state index contributed by atoms with van der Waals surface area (Å²) in [6, 6.07) is 13.6. The van der Waals surface area contributed by atoms with Crippen molar-refractivity contribution < 1.29 is 0 Å². The van der Waals surface area contributed by atoms with Crippen molar-refractivity contribution >= 4 is 0 Å². The molecule has 1 aromatic carbocycles. The number of rotatable bonds is 6. The highest BCUT2D eigenvalue weighted by Crippen LogP contribution is 2.23. The first-order chi connectivity index (χ1) is 8.90. The van der Waals surface area contributed by atoms with Gasteiger partial charge < -0.3 is 0 Å². The summed E-state index contributed by atoms with van der Waals surface area (Å²) in [6.07, 6.45) is 7.52. The average Bonchev–Trinajstić information content (AvgIpc) is 2.93. The summed E-state index contributed by atoms with van der Waals surface area (Å²) >= 11 is 0. The fraction of sp³-hybridized carbons (Fsp3) is 0.562. The van der Waals surface area contributed by atoms with Crippen LogP contribution in [0.25, 0.3) is 0 Å². The van der Waals surface area contributed by atoms with Gasteiger partial charge in [-0.2, -0.15) is 5.26 Å². The third-order valence-corrected chi connectivity index (χ3v) is 3.87. The lowest BCUT2D eigenvalue weighted by Crippen LogP contribution is -2.34. The summed E-state index contributed by atoms with van der Waals surface area (Å²) in [4.78, 5) is 2.38. The highest BCUT2D eigenvalue weighted by atomic mass is 15.1. The molecule has 1 aliphatic rings. The van der Waals surface area contributed by atoms with Gasteiger partial charge >= 0.3 is 0 Å². The van der Waals surface area contributed by atoms with Crippen molar-refractivity contribution in [2.24, 2.45) is 0 Å². The Kier molecular flexibility index (Phi) is 5.23. The van der Waals surface area contributed by atoms with Crippen LogP contribution >= 0.6 is 0 Å². The van der Waals surface area contributed by atoms with Gasteiger partial charge in [0.15, 0.2) is 0 Å². The maximum Gasteiger partial charge on any atom is 0.0868 e. The number of benzene rings is 1. The van der Waals surface area contributed by atoms with E-state index < -0.39 is 0 Å². The third-order valence-electron chi connectivity index (χ3n) is 3.87. The third kappa shape index (κ3) is 3.85. The fourth-order valence-corrected chi connectivity index (χ4v) is 2.88. The van der Waals surface area contributed by atoms with E-state index in [1.165, 1.54) is 31.2 Å². The van der Waals surface area contributed by atoms with Crippen molar-refractivity contribution in [3.63, 3.8) is 0 Å². The molecule has 2 nitrogen and oxygen atoms in total. The number of hydrogen-bond donors (Lipinski definition) is 0. The zero-order valence-corrected chi connectivity index (χ0v) is 11.0. The molecule has 0 aliphatic heterocycles. The first-order valence-corrected chi connectivity index (χ1v) is 7.05. The van der Waals surface area contributed by atoms with Crippen LogP contribution in [0.5, 0.6) is 0 Å². The first kappa shape index (κ1) is 13.1. The van der Waals surface area contributed by atoms with E-state index in [4.69, 9.17) is 5.26 Å². The quantitative estimate of drug-likeness (QED) is 0.715. The van der Waals surface area contributed by atoms with Gasteiger partial charge in [-0.3, -0.25) is 4.90 Å². The van der Waals surface area contributed by atoms with Crippen molar-refractivity contribution in [1.29, 1.82) is 5.26 Å². The van der Waals surface area contributed by atoms with E-state index in [0.717, 1.165) is 19.4 Å². The Bertz CT molecular complexity index is 374. The van der Waals surface area contributed by atoms with E-state index in [1.54, 1.807) is 0 Å². The van der Waals surface area contributed by atoms with E-state index in [2.05, 4.69) is 41.3 Å². The molecule has 18 heavy (non-hydrogen) atoms. The van der Waals surface area contributed by atoms with Gasteiger partial charge in [0.05, 0.1) is 12.6 Å². The van der Waals surface area contributed by atoms with Crippen LogP contribution < -0.4 is 0 Å². The lowest BCUT2D eigenvalue weighted by atomic mass is 10.1. The standard InChI is InChI=1S/C16H22N2/c17-12-14-18(16-10-4-5-11-16)13-6-9-15-7-2-1-3-8-15/h1-3,7-8,16H,4-6,9-11,13-14H2. The molecule has 1 aromatic rings. The molecular formula is C16H22N2. The molecule has 96 valence electrons. The van der Waals surface area contributed by atoms with Crippen LogP contribution in [-0.4, -0.2) is 24.0 Å². The molecule has 0 heterocycles. The summed E-state index contributed by atoms with van der Waals surface area (Å²) in [6.45, 7) is 1.66. The average molecular weight is 242 g/mol. The maximum atomic E-state index is 8.92. The molecule has 0 atom stereocenters. The monoisotopic (exact) mass is 242 g/mol. The molecule has 2 rings (SSSR count). The van der Waals surface area contributed by atoms with E-state index in [9.17, 15) is 0 Å². The summed E-state index contributed by atoms with van der Waals surface area (Å²) in [5.41, 5.74) is 1.40. The van der Waals surface area contributed by atoms with E-state index in [-0.39, 0.29) is 0 Å². The van der Waals surface area contributed by atoms with Crippen LogP contribution in [0.2, 0.25) is 0 Å². The molecule has 2 heteroatoms. The SMILES string of the molecule is N#CCN(CCCc1ccccc1)C1CCCC1. The number of nitrogens with zero attached hydrogens (tertiary/aromatic N) is 2. The molecule has 0 unspecified atom stereocenters. The first-order valence-electron chi connectivity index (χ1n) is 7.05. The normalized spacial score (nSPS) is 16.0. The minimum Gasteiger partial charge on any atom is -0.288 e. The second kappa shape index (κ2) is 7.18. The van der Waals surface area contributed by atoms with Gasteiger partial charge in [-0.25, -0.2) is 0 Å². The molecule has 0 spiro atoms. The Morgan fingerprint density at radius 1 is 1.17 bits per heavy atom. The molecule has 0 amide bonds. The molecule has 0 N–H and O–H groups in total. The van der Waals surface area contributed by atoms with Crippen molar-refractivity contribution in [3.05, 3.63) is 35.9 Å². The van der Waals surface area contributed by atoms with Gasteiger partial charge in [-0.15, -0.1) is 0 Å². The summed E-state index contributed by atoms with van der Waals surface area (Å²) in [5, 5.41) is 8.92. The van der Waals surface area contributed by atoms with E-state index >= 15 is 0 Å². The minimum absolute atomic E-state index is 0.597. The molecule has 1 aliphatic carbocycles. The van der Waals surface area contributed by atoms with Gasteiger partial charge in [0.2, 0.25) is 0 Å². The molecule has 0 bridgehead atoms. The van der Waals surface area contributed by atoms with Crippen molar-refractivity contribution in [1.82, 2.24) is 4.90 Å². The number of hydrogen-bond acceptors (Lipinski definition) is 2. The zero-order chi connectivity index (χ0) is 12.6. The van der Waals surface area contributed by atoms with E-state index in [0.29, 0.717) is 12.6 Å². The van der Waals surface area contributed by atoms with Gasteiger partial charge in [0, 0.05) is 6.04 Å². The van der Waals surface area contributed by atoms with Gasteiger partial charge in [0.25, 0.3) is 0 Å². The van der Waals surface area contributed by atoms with Gasteiger partial charge in [-0.1, -0.05) is 43.2 Å². The van der Waals surface area contributed by atoms with E-state index in [1.807, 2.05) is 0 Å². The van der Waals surface area contributed by atoms with Gasteiger partial charge in [-0.05, 0) is 37.8 Å². The van der Waals surface area contributed by atoms with Crippen LogP contribution in [0.1, 0.15) is 37.7 Å². The minimum atomic E-state index is 0.597. The van der Waals surface area contributed by atoms with Crippen LogP contribution in [-0.2, 0) is 6.42 Å². The Labute approximate surface area is 110 Å². The molecule has 1 saturated carbocycles. The lowest BCUT2D eigenvalue weighted by molar-refractivity contribution is 0.220. The molecule has 0 aromatic heterocycles. The smallest absolute Gasteiger partial charge is 0.0868 e. The fourth-order valence-electron chi connectivity index (χ4n) is 2.88. The maximum absolute atomic E-state index is 8.92. The molecule has 1 fully saturated rings. The second-order valence-electron chi connectivity index (χ2n) is 5.16. The Morgan fingerprint density at radius 2 is 1.89 bits per heavy atom. The highest BCUT2D eigenvalue weighted by molar-refractivity contribution is 5.14. The number of aryl methyl sites for hydroxylation is 1. The van der Waals surface area contributed by atoms with Crippen LogP contribution in [0, 0.1) is 11.3 Å². The van der Waals surface area contributed by atoms with Crippen LogP contribution in [0.3, 0.4) is 0 Å². The highest BCUT2D eigenvalue weighted by Gasteiger charge is 2.21. The predicted molar refractivity (Wildman–Crippen MR) is 74.2 cm³/mol. The predicted octanol–water partition coefficient (Wildman–Crippen LogP) is 3.39. The van der Waals surface area contributed by atoms with Crippen molar-refractivity contribution in [3.8, 4) is 6.07 Å². The second-order valence-corrected chi connectivity index (χ2v) is 5.16. The largest absolute Gasteiger partial charge is 0.288 e. The summed E-state index contributed by atoms with van der Waals surface area (Å²) in [5.74, 6) is 0.